The van der Waals surface area contributed by atoms with Crippen LogP contribution in [-0.2, 0) is 16.0 Å². The number of ether oxygens (including phenoxy) is 1. The largest absolute Gasteiger partial charge is 0.454 e. The summed E-state index contributed by atoms with van der Waals surface area (Å²) in [6.07, 6.45) is 5.14. The summed E-state index contributed by atoms with van der Waals surface area (Å²) >= 11 is 0. The highest BCUT2D eigenvalue weighted by molar-refractivity contribution is 6.05. The van der Waals surface area contributed by atoms with Crippen molar-refractivity contribution < 1.29 is 18.8 Å². The van der Waals surface area contributed by atoms with Crippen molar-refractivity contribution >= 4 is 11.7 Å². The Morgan fingerprint density at radius 1 is 1.03 bits per heavy atom. The first-order chi connectivity index (χ1) is 14.4. The van der Waals surface area contributed by atoms with Gasteiger partial charge in [0.2, 0.25) is 5.76 Å². The quantitative estimate of drug-likeness (QED) is 0.438. The standard InChI is InChI=1S/C24H24N2O4/c1-24(2,3)30-23(27)21-14-19(22(29-21)15-9-11-25-12-10-15)17-5-7-18-16(13-17)6-8-20(18)26-28-4/h5,7,9-14H,6,8H2,1-4H3. The van der Waals surface area contributed by atoms with Gasteiger partial charge < -0.3 is 14.0 Å². The molecule has 6 heteroatoms. The molecule has 0 radical (unpaired) electrons. The van der Waals surface area contributed by atoms with Crippen LogP contribution in [0, 0.1) is 0 Å². The van der Waals surface area contributed by atoms with E-state index in [2.05, 4.69) is 16.2 Å². The van der Waals surface area contributed by atoms with Crippen molar-refractivity contribution in [3.8, 4) is 22.5 Å². The summed E-state index contributed by atoms with van der Waals surface area (Å²) in [7, 11) is 1.56. The molecule has 0 fully saturated rings. The normalized spacial score (nSPS) is 14.6. The van der Waals surface area contributed by atoms with Gasteiger partial charge in [-0.3, -0.25) is 4.98 Å². The Hall–Kier alpha value is -3.41. The van der Waals surface area contributed by atoms with Crippen LogP contribution in [0.15, 0.2) is 58.4 Å². The molecule has 1 aliphatic carbocycles. The highest BCUT2D eigenvalue weighted by atomic mass is 16.6. The van der Waals surface area contributed by atoms with Gasteiger partial charge in [0.1, 0.15) is 18.5 Å². The molecule has 2 aromatic heterocycles. The van der Waals surface area contributed by atoms with Crippen LogP contribution in [0.5, 0.6) is 0 Å². The Kier molecular flexibility index (Phi) is 5.16. The Bertz CT molecular complexity index is 1110. The van der Waals surface area contributed by atoms with Gasteiger partial charge in [-0.25, -0.2) is 4.79 Å². The lowest BCUT2D eigenvalue weighted by Crippen LogP contribution is -2.23. The SMILES string of the molecule is CON=C1CCc2cc(-c3cc(C(=O)OC(C)(C)C)oc3-c3ccncc3)ccc21. The molecule has 3 aromatic rings. The van der Waals surface area contributed by atoms with Gasteiger partial charge >= 0.3 is 5.97 Å². The molecule has 1 aromatic carbocycles. The fourth-order valence-corrected chi connectivity index (χ4v) is 3.59. The van der Waals surface area contributed by atoms with E-state index in [1.54, 1.807) is 25.6 Å². The average Bonchev–Trinajstić information content (AvgIpc) is 3.32. The third-order valence-corrected chi connectivity index (χ3v) is 4.83. The van der Waals surface area contributed by atoms with E-state index in [0.29, 0.717) is 5.76 Å². The van der Waals surface area contributed by atoms with Gasteiger partial charge in [0, 0.05) is 29.1 Å². The van der Waals surface area contributed by atoms with Crippen LogP contribution in [0.4, 0.5) is 0 Å². The average molecular weight is 404 g/mol. The van der Waals surface area contributed by atoms with E-state index >= 15 is 0 Å². The van der Waals surface area contributed by atoms with Crippen molar-refractivity contribution in [2.75, 3.05) is 7.11 Å². The van der Waals surface area contributed by atoms with E-state index in [1.165, 1.54) is 5.56 Å². The maximum atomic E-state index is 12.6. The van der Waals surface area contributed by atoms with E-state index in [-0.39, 0.29) is 5.76 Å². The summed E-state index contributed by atoms with van der Waals surface area (Å²) < 4.78 is 11.5. The van der Waals surface area contributed by atoms with E-state index in [4.69, 9.17) is 14.0 Å². The van der Waals surface area contributed by atoms with Crippen LogP contribution < -0.4 is 0 Å². The molecule has 0 N–H and O–H groups in total. The fourth-order valence-electron chi connectivity index (χ4n) is 3.59. The summed E-state index contributed by atoms with van der Waals surface area (Å²) in [5, 5.41) is 4.12. The number of hydrogen-bond donors (Lipinski definition) is 0. The molecule has 154 valence electrons. The molecular formula is C24H24N2O4. The number of carbonyl (C=O) groups is 1. The number of furan rings is 1. The molecule has 0 spiro atoms. The Morgan fingerprint density at radius 2 is 1.80 bits per heavy atom. The monoisotopic (exact) mass is 404 g/mol. The van der Waals surface area contributed by atoms with Gasteiger partial charge in [-0.05, 0) is 62.9 Å². The van der Waals surface area contributed by atoms with Crippen LogP contribution in [0.2, 0.25) is 0 Å². The van der Waals surface area contributed by atoms with Gasteiger partial charge in [0.15, 0.2) is 0 Å². The van der Waals surface area contributed by atoms with Crippen LogP contribution in [0.3, 0.4) is 0 Å². The molecule has 0 aliphatic heterocycles. The summed E-state index contributed by atoms with van der Waals surface area (Å²) in [4.78, 5) is 21.7. The van der Waals surface area contributed by atoms with Crippen LogP contribution in [0.25, 0.3) is 22.5 Å². The maximum absolute atomic E-state index is 12.6. The molecule has 0 saturated heterocycles. The molecule has 4 rings (SSSR count). The number of aromatic nitrogens is 1. The Morgan fingerprint density at radius 3 is 2.50 bits per heavy atom. The second kappa shape index (κ2) is 7.78. The molecule has 0 unspecified atom stereocenters. The summed E-state index contributed by atoms with van der Waals surface area (Å²) in [5.41, 5.74) is 5.29. The number of benzene rings is 1. The van der Waals surface area contributed by atoms with E-state index in [1.807, 2.05) is 45.0 Å². The van der Waals surface area contributed by atoms with Gasteiger partial charge in [-0.1, -0.05) is 23.4 Å². The zero-order valence-corrected chi connectivity index (χ0v) is 17.6. The molecule has 1 aliphatic rings. The van der Waals surface area contributed by atoms with Crippen LogP contribution >= 0.6 is 0 Å². The van der Waals surface area contributed by atoms with Crippen molar-refractivity contribution in [3.05, 3.63) is 65.7 Å². The van der Waals surface area contributed by atoms with E-state index in [0.717, 1.165) is 40.8 Å². The molecule has 0 atom stereocenters. The Labute approximate surface area is 175 Å². The molecule has 6 nitrogen and oxygen atoms in total. The predicted molar refractivity (Wildman–Crippen MR) is 114 cm³/mol. The summed E-state index contributed by atoms with van der Waals surface area (Å²) in [6, 6.07) is 11.7. The van der Waals surface area contributed by atoms with Crippen molar-refractivity contribution in [2.45, 2.75) is 39.2 Å². The molecule has 0 saturated carbocycles. The lowest BCUT2D eigenvalue weighted by atomic mass is 9.98. The third-order valence-electron chi connectivity index (χ3n) is 4.83. The molecule has 0 amide bonds. The molecule has 2 heterocycles. The number of hydrogen-bond acceptors (Lipinski definition) is 6. The number of nitrogens with zero attached hydrogens (tertiary/aromatic N) is 2. The Balaban J connectivity index is 1.79. The number of rotatable bonds is 4. The van der Waals surface area contributed by atoms with Crippen molar-refractivity contribution in [1.82, 2.24) is 4.98 Å². The van der Waals surface area contributed by atoms with Crippen molar-refractivity contribution in [2.24, 2.45) is 5.16 Å². The maximum Gasteiger partial charge on any atom is 0.374 e. The topological polar surface area (TPSA) is 73.9 Å². The number of pyridine rings is 1. The number of esters is 1. The van der Waals surface area contributed by atoms with Crippen LogP contribution in [-0.4, -0.2) is 29.4 Å². The van der Waals surface area contributed by atoms with E-state index < -0.39 is 11.6 Å². The van der Waals surface area contributed by atoms with Crippen LogP contribution in [0.1, 0.15) is 48.9 Å². The zero-order chi connectivity index (χ0) is 21.3. The first kappa shape index (κ1) is 19.9. The summed E-state index contributed by atoms with van der Waals surface area (Å²) in [6.45, 7) is 5.49. The number of oxime groups is 1. The highest BCUT2D eigenvalue weighted by Crippen LogP contribution is 2.37. The third kappa shape index (κ3) is 3.99. The smallest absolute Gasteiger partial charge is 0.374 e. The second-order valence-corrected chi connectivity index (χ2v) is 8.18. The first-order valence-corrected chi connectivity index (χ1v) is 9.87. The van der Waals surface area contributed by atoms with Gasteiger partial charge in [-0.15, -0.1) is 0 Å². The molecular weight excluding hydrogens is 380 g/mol. The zero-order valence-electron chi connectivity index (χ0n) is 17.6. The van der Waals surface area contributed by atoms with Gasteiger partial charge in [0.05, 0.1) is 5.71 Å². The van der Waals surface area contributed by atoms with Gasteiger partial charge in [0.25, 0.3) is 0 Å². The fraction of sp³-hybridized carbons (Fsp3) is 0.292. The van der Waals surface area contributed by atoms with Gasteiger partial charge in [-0.2, -0.15) is 0 Å². The lowest BCUT2D eigenvalue weighted by molar-refractivity contribution is 0.00368. The first-order valence-electron chi connectivity index (χ1n) is 9.87. The number of aryl methyl sites for hydroxylation is 1. The molecule has 30 heavy (non-hydrogen) atoms. The minimum absolute atomic E-state index is 0.175. The number of carbonyl (C=O) groups excluding carboxylic acids is 1. The van der Waals surface area contributed by atoms with Crippen molar-refractivity contribution in [3.63, 3.8) is 0 Å². The second-order valence-electron chi connectivity index (χ2n) is 8.18. The summed E-state index contributed by atoms with van der Waals surface area (Å²) in [5.74, 6) is 0.301. The highest BCUT2D eigenvalue weighted by Gasteiger charge is 2.25. The lowest BCUT2D eigenvalue weighted by Gasteiger charge is -2.18. The molecule has 0 bridgehead atoms. The minimum atomic E-state index is -0.606. The number of fused-ring (bicyclic) bond motifs is 1. The van der Waals surface area contributed by atoms with Crippen molar-refractivity contribution in [1.29, 1.82) is 0 Å². The van der Waals surface area contributed by atoms with E-state index in [9.17, 15) is 4.79 Å². The predicted octanol–water partition coefficient (Wildman–Crippen LogP) is 5.26. The minimum Gasteiger partial charge on any atom is -0.454 e.